The highest BCUT2D eigenvalue weighted by atomic mass is 19.1. The predicted octanol–water partition coefficient (Wildman–Crippen LogP) is 1.64. The summed E-state index contributed by atoms with van der Waals surface area (Å²) in [4.78, 5) is 32.6. The molecule has 28 heavy (non-hydrogen) atoms. The number of hydrogen-bond donors (Lipinski definition) is 2. The number of aliphatic imine (C=N–C) groups is 1. The summed E-state index contributed by atoms with van der Waals surface area (Å²) in [6.45, 7) is 7.83. The number of nitrogens with one attached hydrogen (secondary N) is 2. The number of rotatable bonds is 3. The molecule has 1 fully saturated rings. The fourth-order valence-corrected chi connectivity index (χ4v) is 3.12. The molecule has 0 aliphatic carbocycles. The van der Waals surface area contributed by atoms with Crippen LogP contribution in [-0.2, 0) is 9.53 Å². The summed E-state index contributed by atoms with van der Waals surface area (Å²) in [7, 11) is 0. The molecule has 152 valence electrons. The number of piperazine rings is 1. The van der Waals surface area contributed by atoms with E-state index in [2.05, 4.69) is 20.5 Å². The summed E-state index contributed by atoms with van der Waals surface area (Å²) in [5, 5.41) is 5.75. The minimum absolute atomic E-state index is 0.0508. The Hall–Kier alpha value is -2.84. The predicted molar refractivity (Wildman–Crippen MR) is 104 cm³/mol. The highest BCUT2D eigenvalue weighted by Gasteiger charge is 2.36. The molecule has 1 aromatic rings. The van der Waals surface area contributed by atoms with Crippen molar-refractivity contribution >= 4 is 23.6 Å². The standard InChI is InChI=1S/C19H26FN5O3/c1-19(2,3)28-18(27)24-8-9-25-15(12-24)10-21-17(25)22-11-16(26)23-14-6-4-13(20)5-7-14/h4-7,15H,8-12H2,1-3H3,(H,21,22)(H,23,26). The molecule has 2 heterocycles. The van der Waals surface area contributed by atoms with E-state index in [-0.39, 0.29) is 30.4 Å². The smallest absolute Gasteiger partial charge is 0.410 e. The second kappa shape index (κ2) is 8.04. The van der Waals surface area contributed by atoms with Crippen LogP contribution >= 0.6 is 0 Å². The van der Waals surface area contributed by atoms with Crippen LogP contribution in [0.15, 0.2) is 29.3 Å². The first-order valence-corrected chi connectivity index (χ1v) is 9.29. The first-order chi connectivity index (χ1) is 13.2. The van der Waals surface area contributed by atoms with E-state index in [1.165, 1.54) is 24.3 Å². The van der Waals surface area contributed by atoms with Crippen molar-refractivity contribution in [2.75, 3.05) is 38.0 Å². The highest BCUT2D eigenvalue weighted by Crippen LogP contribution is 2.18. The maximum absolute atomic E-state index is 12.9. The zero-order chi connectivity index (χ0) is 20.3. The van der Waals surface area contributed by atoms with E-state index in [1.807, 2.05) is 20.8 Å². The molecule has 9 heteroatoms. The van der Waals surface area contributed by atoms with E-state index >= 15 is 0 Å². The van der Waals surface area contributed by atoms with Gasteiger partial charge in [0, 0.05) is 25.3 Å². The van der Waals surface area contributed by atoms with Crippen LogP contribution in [0.4, 0.5) is 14.9 Å². The number of fused-ring (bicyclic) bond motifs is 1. The van der Waals surface area contributed by atoms with Crippen molar-refractivity contribution in [2.24, 2.45) is 4.99 Å². The minimum atomic E-state index is -0.523. The Morgan fingerprint density at radius 2 is 1.96 bits per heavy atom. The largest absolute Gasteiger partial charge is 0.444 e. The first kappa shape index (κ1) is 19.9. The summed E-state index contributed by atoms with van der Waals surface area (Å²) in [5.74, 6) is 0.0567. The third kappa shape index (κ3) is 5.11. The van der Waals surface area contributed by atoms with Gasteiger partial charge < -0.3 is 25.2 Å². The van der Waals surface area contributed by atoms with Gasteiger partial charge in [0.05, 0.1) is 19.1 Å². The zero-order valence-electron chi connectivity index (χ0n) is 16.4. The molecule has 2 aliphatic rings. The molecular weight excluding hydrogens is 365 g/mol. The molecule has 2 N–H and O–H groups in total. The highest BCUT2D eigenvalue weighted by molar-refractivity contribution is 5.95. The third-order valence-corrected chi connectivity index (χ3v) is 4.39. The molecule has 0 aromatic heterocycles. The molecule has 0 spiro atoms. The van der Waals surface area contributed by atoms with Crippen molar-refractivity contribution in [2.45, 2.75) is 32.4 Å². The maximum atomic E-state index is 12.9. The van der Waals surface area contributed by atoms with Gasteiger partial charge >= 0.3 is 6.09 Å². The molecule has 8 nitrogen and oxygen atoms in total. The quantitative estimate of drug-likeness (QED) is 0.818. The molecular formula is C19H26FN5O3. The van der Waals surface area contributed by atoms with Crippen LogP contribution in [0.1, 0.15) is 20.8 Å². The van der Waals surface area contributed by atoms with Crippen molar-refractivity contribution in [1.82, 2.24) is 15.1 Å². The van der Waals surface area contributed by atoms with Gasteiger partial charge in [0.1, 0.15) is 11.4 Å². The lowest BCUT2D eigenvalue weighted by Gasteiger charge is -2.39. The Bertz CT molecular complexity index is 760. The lowest BCUT2D eigenvalue weighted by atomic mass is 10.2. The average Bonchev–Trinajstić information content (AvgIpc) is 3.03. The molecule has 0 saturated carbocycles. The van der Waals surface area contributed by atoms with E-state index in [1.54, 1.807) is 4.90 Å². The Morgan fingerprint density at radius 3 is 2.64 bits per heavy atom. The number of ether oxygens (including phenoxy) is 1. The van der Waals surface area contributed by atoms with Crippen LogP contribution in [0.5, 0.6) is 0 Å². The van der Waals surface area contributed by atoms with Crippen LogP contribution < -0.4 is 10.6 Å². The molecule has 3 rings (SSSR count). The van der Waals surface area contributed by atoms with Crippen LogP contribution in [0.3, 0.4) is 0 Å². The third-order valence-electron chi connectivity index (χ3n) is 4.39. The number of halogens is 1. The van der Waals surface area contributed by atoms with Crippen molar-refractivity contribution in [1.29, 1.82) is 0 Å². The number of nitrogens with zero attached hydrogens (tertiary/aromatic N) is 3. The SMILES string of the molecule is CC(C)(C)OC(=O)N1CCN2C(NCC(=O)Nc3ccc(F)cc3)=NCC2C1. The number of carbonyl (C=O) groups is 2. The Balaban J connectivity index is 1.46. The molecule has 2 amide bonds. The number of guanidine groups is 1. The van der Waals surface area contributed by atoms with Crippen LogP contribution in [-0.4, -0.2) is 72.1 Å². The van der Waals surface area contributed by atoms with Gasteiger partial charge in [-0.3, -0.25) is 9.79 Å². The summed E-state index contributed by atoms with van der Waals surface area (Å²) < 4.78 is 18.3. The molecule has 1 unspecified atom stereocenters. The summed E-state index contributed by atoms with van der Waals surface area (Å²) in [6, 6.07) is 5.67. The minimum Gasteiger partial charge on any atom is -0.444 e. The second-order valence-electron chi connectivity index (χ2n) is 7.85. The van der Waals surface area contributed by atoms with Crippen molar-refractivity contribution in [3.8, 4) is 0 Å². The van der Waals surface area contributed by atoms with E-state index in [0.29, 0.717) is 37.8 Å². The number of benzene rings is 1. The molecule has 1 saturated heterocycles. The van der Waals surface area contributed by atoms with E-state index in [0.717, 1.165) is 0 Å². The van der Waals surface area contributed by atoms with Gasteiger partial charge in [0.25, 0.3) is 0 Å². The molecule has 2 aliphatic heterocycles. The molecule has 1 aromatic carbocycles. The maximum Gasteiger partial charge on any atom is 0.410 e. The summed E-state index contributed by atoms with van der Waals surface area (Å²) >= 11 is 0. The van der Waals surface area contributed by atoms with Crippen molar-refractivity contribution < 1.29 is 18.7 Å². The van der Waals surface area contributed by atoms with E-state index in [9.17, 15) is 14.0 Å². The van der Waals surface area contributed by atoms with Gasteiger partial charge in [-0.25, -0.2) is 9.18 Å². The molecule has 0 bridgehead atoms. The van der Waals surface area contributed by atoms with Gasteiger partial charge in [-0.1, -0.05) is 0 Å². The van der Waals surface area contributed by atoms with Crippen LogP contribution in [0, 0.1) is 5.82 Å². The number of anilines is 1. The van der Waals surface area contributed by atoms with Crippen molar-refractivity contribution in [3.05, 3.63) is 30.1 Å². The van der Waals surface area contributed by atoms with Gasteiger partial charge in [0.2, 0.25) is 5.91 Å². The monoisotopic (exact) mass is 391 g/mol. The summed E-state index contributed by atoms with van der Waals surface area (Å²) in [6.07, 6.45) is -0.313. The van der Waals surface area contributed by atoms with Crippen LogP contribution in [0.25, 0.3) is 0 Å². The zero-order valence-corrected chi connectivity index (χ0v) is 16.4. The topological polar surface area (TPSA) is 86.3 Å². The molecule has 0 radical (unpaired) electrons. The van der Waals surface area contributed by atoms with Crippen LogP contribution in [0.2, 0.25) is 0 Å². The first-order valence-electron chi connectivity index (χ1n) is 9.29. The Morgan fingerprint density at radius 1 is 1.25 bits per heavy atom. The Kier molecular flexibility index (Phi) is 5.71. The average molecular weight is 391 g/mol. The second-order valence-corrected chi connectivity index (χ2v) is 7.85. The molecule has 1 atom stereocenters. The van der Waals surface area contributed by atoms with Gasteiger partial charge in [0.15, 0.2) is 5.96 Å². The van der Waals surface area contributed by atoms with Gasteiger partial charge in [-0.05, 0) is 45.0 Å². The number of amides is 2. The number of hydrogen-bond acceptors (Lipinski definition) is 6. The summed E-state index contributed by atoms with van der Waals surface area (Å²) in [5.41, 5.74) is 0.00997. The normalized spacial score (nSPS) is 19.0. The van der Waals surface area contributed by atoms with Gasteiger partial charge in [-0.2, -0.15) is 0 Å². The lowest BCUT2D eigenvalue weighted by Crippen LogP contribution is -2.58. The van der Waals surface area contributed by atoms with Gasteiger partial charge in [-0.15, -0.1) is 0 Å². The van der Waals surface area contributed by atoms with Crippen molar-refractivity contribution in [3.63, 3.8) is 0 Å². The fourth-order valence-electron chi connectivity index (χ4n) is 3.12. The lowest BCUT2D eigenvalue weighted by molar-refractivity contribution is -0.115. The van der Waals surface area contributed by atoms with E-state index < -0.39 is 5.60 Å². The van der Waals surface area contributed by atoms with E-state index in [4.69, 9.17) is 4.74 Å². The number of carbonyl (C=O) groups excluding carboxylic acids is 2. The fraction of sp³-hybridized carbons (Fsp3) is 0.526. The Labute approximate surface area is 163 Å².